The minimum Gasteiger partial charge on any atom is -0.497 e. The maximum atomic E-state index is 13.0. The molecule has 0 aliphatic carbocycles. The number of carbonyl (C=O) groups is 2. The third-order valence-electron chi connectivity index (χ3n) is 4.74. The fraction of sp³-hybridized carbons (Fsp3) is 0.364. The lowest BCUT2D eigenvalue weighted by Gasteiger charge is -2.25. The van der Waals surface area contributed by atoms with Crippen molar-refractivity contribution >= 4 is 35.0 Å². The zero-order valence-corrected chi connectivity index (χ0v) is 17.9. The molecule has 2 aromatic carbocycles. The lowest BCUT2D eigenvalue weighted by atomic mass is 10.2. The summed E-state index contributed by atoms with van der Waals surface area (Å²) in [5, 5.41) is 3.30. The predicted molar refractivity (Wildman–Crippen MR) is 118 cm³/mol. The van der Waals surface area contributed by atoms with Crippen LogP contribution in [0.5, 0.6) is 5.75 Å². The van der Waals surface area contributed by atoms with Gasteiger partial charge < -0.3 is 15.0 Å². The number of anilines is 2. The fourth-order valence-electron chi connectivity index (χ4n) is 3.24. The number of carbonyl (C=O) groups excluding carboxylic acids is 2. The molecule has 154 valence electrons. The van der Waals surface area contributed by atoms with E-state index in [1.165, 1.54) is 0 Å². The molecule has 1 heterocycles. The van der Waals surface area contributed by atoms with Crippen molar-refractivity contribution in [3.05, 3.63) is 48.5 Å². The zero-order valence-electron chi connectivity index (χ0n) is 17.1. The minimum absolute atomic E-state index is 0.00639. The number of para-hydroxylation sites is 1. The molecule has 0 spiro atoms. The van der Waals surface area contributed by atoms with Crippen molar-refractivity contribution in [3.63, 3.8) is 0 Å². The normalized spacial score (nSPS) is 16.1. The summed E-state index contributed by atoms with van der Waals surface area (Å²) in [5.74, 6) is 0.578. The van der Waals surface area contributed by atoms with Crippen LogP contribution in [0.15, 0.2) is 53.4 Å². The van der Waals surface area contributed by atoms with Crippen molar-refractivity contribution in [2.24, 2.45) is 0 Å². The molecule has 2 aromatic rings. The molecule has 2 amide bonds. The van der Waals surface area contributed by atoms with Gasteiger partial charge >= 0.3 is 0 Å². The van der Waals surface area contributed by atoms with Gasteiger partial charge in [0.25, 0.3) is 0 Å². The Morgan fingerprint density at radius 3 is 2.62 bits per heavy atom. The lowest BCUT2D eigenvalue weighted by Crippen LogP contribution is -2.42. The molecule has 1 aliphatic heterocycles. The van der Waals surface area contributed by atoms with Crippen LogP contribution < -0.4 is 15.0 Å². The molecule has 0 saturated carbocycles. The monoisotopic (exact) mass is 413 g/mol. The van der Waals surface area contributed by atoms with Crippen LogP contribution in [0.2, 0.25) is 0 Å². The van der Waals surface area contributed by atoms with Crippen molar-refractivity contribution in [1.82, 2.24) is 4.90 Å². The molecule has 1 atom stereocenters. The zero-order chi connectivity index (χ0) is 20.8. The second-order valence-electron chi connectivity index (χ2n) is 7.18. The summed E-state index contributed by atoms with van der Waals surface area (Å²) >= 11 is 1.81. The summed E-state index contributed by atoms with van der Waals surface area (Å²) in [7, 11) is 3.38. The van der Waals surface area contributed by atoms with E-state index in [1.807, 2.05) is 23.1 Å². The van der Waals surface area contributed by atoms with E-state index in [2.05, 4.69) is 18.3 Å². The lowest BCUT2D eigenvalue weighted by molar-refractivity contribution is -0.121. The van der Waals surface area contributed by atoms with Gasteiger partial charge in [0.2, 0.25) is 11.8 Å². The summed E-state index contributed by atoms with van der Waals surface area (Å²) in [6.45, 7) is 3.20. The van der Waals surface area contributed by atoms with E-state index in [-0.39, 0.29) is 24.9 Å². The van der Waals surface area contributed by atoms with Gasteiger partial charge in [0.05, 0.1) is 25.9 Å². The quantitative estimate of drug-likeness (QED) is 0.786. The number of nitrogens with one attached hydrogen (secondary N) is 1. The SMILES string of the molecule is COc1ccc(NC(=O)CN(C)CC(=O)N2CC[C@H](C)Sc3ccccc32)cc1. The smallest absolute Gasteiger partial charge is 0.241 e. The third-order valence-corrected chi connectivity index (χ3v) is 5.97. The van der Waals surface area contributed by atoms with Crippen molar-refractivity contribution in [1.29, 1.82) is 0 Å². The number of fused-ring (bicyclic) bond motifs is 1. The van der Waals surface area contributed by atoms with Crippen LogP contribution in [0.4, 0.5) is 11.4 Å². The second-order valence-corrected chi connectivity index (χ2v) is 8.66. The molecule has 0 bridgehead atoms. The highest BCUT2D eigenvalue weighted by Crippen LogP contribution is 2.37. The number of hydrogen-bond acceptors (Lipinski definition) is 5. The Balaban J connectivity index is 1.57. The largest absolute Gasteiger partial charge is 0.497 e. The van der Waals surface area contributed by atoms with Crippen molar-refractivity contribution in [2.75, 3.05) is 44.0 Å². The van der Waals surface area contributed by atoms with Gasteiger partial charge in [-0.05, 0) is 49.9 Å². The molecule has 0 unspecified atom stereocenters. The van der Waals surface area contributed by atoms with Crippen LogP contribution in [-0.2, 0) is 9.59 Å². The molecule has 3 rings (SSSR count). The Labute approximate surface area is 176 Å². The van der Waals surface area contributed by atoms with Gasteiger partial charge in [0.15, 0.2) is 0 Å². The number of amides is 2. The van der Waals surface area contributed by atoms with Crippen LogP contribution in [0.25, 0.3) is 0 Å². The highest BCUT2D eigenvalue weighted by molar-refractivity contribution is 8.00. The Kier molecular flexibility index (Phi) is 7.17. The maximum Gasteiger partial charge on any atom is 0.241 e. The van der Waals surface area contributed by atoms with Gasteiger partial charge in [-0.15, -0.1) is 11.8 Å². The second kappa shape index (κ2) is 9.80. The summed E-state index contributed by atoms with van der Waals surface area (Å²) < 4.78 is 5.12. The van der Waals surface area contributed by atoms with Gasteiger partial charge in [0, 0.05) is 22.4 Å². The van der Waals surface area contributed by atoms with Crippen LogP contribution in [-0.4, -0.2) is 55.8 Å². The molecule has 0 aromatic heterocycles. The summed E-state index contributed by atoms with van der Waals surface area (Å²) in [6, 6.07) is 15.2. The summed E-state index contributed by atoms with van der Waals surface area (Å²) in [6.07, 6.45) is 0.937. The number of methoxy groups -OCH3 is 1. The molecule has 0 saturated heterocycles. The first-order valence-corrected chi connectivity index (χ1v) is 10.5. The molecule has 0 fully saturated rings. The van der Waals surface area contributed by atoms with Gasteiger partial charge in [-0.1, -0.05) is 19.1 Å². The number of nitrogens with zero attached hydrogens (tertiary/aromatic N) is 2. The van der Waals surface area contributed by atoms with Crippen LogP contribution in [0, 0.1) is 0 Å². The number of hydrogen-bond donors (Lipinski definition) is 1. The maximum absolute atomic E-state index is 13.0. The average Bonchev–Trinajstić information content (AvgIpc) is 2.86. The Bertz CT molecular complexity index is 857. The van der Waals surface area contributed by atoms with Gasteiger partial charge in [-0.2, -0.15) is 0 Å². The third kappa shape index (κ3) is 5.74. The predicted octanol–water partition coefficient (Wildman–Crippen LogP) is 3.48. The van der Waals surface area contributed by atoms with Crippen LogP contribution in [0.3, 0.4) is 0 Å². The number of ether oxygens (including phenoxy) is 1. The number of rotatable bonds is 6. The molecule has 29 heavy (non-hydrogen) atoms. The van der Waals surface area contributed by atoms with E-state index < -0.39 is 0 Å². The first kappa shape index (κ1) is 21.2. The average molecular weight is 414 g/mol. The van der Waals surface area contributed by atoms with Crippen LogP contribution in [0.1, 0.15) is 13.3 Å². The van der Waals surface area contributed by atoms with Crippen molar-refractivity contribution in [2.45, 2.75) is 23.5 Å². The standard InChI is InChI=1S/C22H27N3O3S/c1-16-12-13-25(19-6-4-5-7-20(19)29-16)22(27)15-24(2)14-21(26)23-17-8-10-18(28-3)11-9-17/h4-11,16H,12-15H2,1-3H3,(H,23,26)/t16-/m0/s1. The summed E-state index contributed by atoms with van der Waals surface area (Å²) in [4.78, 5) is 30.0. The molecular weight excluding hydrogens is 386 g/mol. The van der Waals surface area contributed by atoms with Gasteiger partial charge in [0.1, 0.15) is 5.75 Å². The Morgan fingerprint density at radius 1 is 1.17 bits per heavy atom. The fourth-order valence-corrected chi connectivity index (χ4v) is 4.35. The number of benzene rings is 2. The first-order chi connectivity index (χ1) is 14.0. The van der Waals surface area contributed by atoms with Gasteiger partial charge in [-0.25, -0.2) is 0 Å². The highest BCUT2D eigenvalue weighted by Gasteiger charge is 2.25. The van der Waals surface area contributed by atoms with E-state index in [0.717, 1.165) is 22.8 Å². The van der Waals surface area contributed by atoms with Crippen molar-refractivity contribution < 1.29 is 14.3 Å². The van der Waals surface area contributed by atoms with E-state index >= 15 is 0 Å². The van der Waals surface area contributed by atoms with E-state index in [4.69, 9.17) is 4.74 Å². The number of thioether (sulfide) groups is 1. The first-order valence-electron chi connectivity index (χ1n) is 9.64. The Hall–Kier alpha value is -2.51. The van der Waals surface area contributed by atoms with E-state index in [0.29, 0.717) is 17.5 Å². The van der Waals surface area contributed by atoms with Crippen molar-refractivity contribution in [3.8, 4) is 5.75 Å². The Morgan fingerprint density at radius 2 is 1.90 bits per heavy atom. The molecule has 1 N–H and O–H groups in total. The van der Waals surface area contributed by atoms with E-state index in [1.54, 1.807) is 55.1 Å². The van der Waals surface area contributed by atoms with Gasteiger partial charge in [-0.3, -0.25) is 14.5 Å². The van der Waals surface area contributed by atoms with E-state index in [9.17, 15) is 9.59 Å². The van der Waals surface area contributed by atoms with Crippen LogP contribution >= 0.6 is 11.8 Å². The number of likely N-dealkylation sites (N-methyl/N-ethyl adjacent to an activating group) is 1. The molecule has 7 heteroatoms. The summed E-state index contributed by atoms with van der Waals surface area (Å²) in [5.41, 5.74) is 1.66. The molecule has 0 radical (unpaired) electrons. The molecular formula is C22H27N3O3S. The molecule has 1 aliphatic rings. The minimum atomic E-state index is -0.161. The highest BCUT2D eigenvalue weighted by atomic mass is 32.2. The topological polar surface area (TPSA) is 61.9 Å². The molecule has 6 nitrogen and oxygen atoms in total.